The third kappa shape index (κ3) is 4.33. The molecular formula is C19H20ClFN4O3. The number of carbonyl (C=O) groups excluding carboxylic acids is 2. The van der Waals surface area contributed by atoms with Gasteiger partial charge in [0.15, 0.2) is 0 Å². The smallest absolute Gasteiger partial charge is 0.242 e. The Morgan fingerprint density at radius 2 is 2.21 bits per heavy atom. The number of amides is 2. The van der Waals surface area contributed by atoms with Crippen LogP contribution in [0.2, 0.25) is 0 Å². The van der Waals surface area contributed by atoms with Crippen molar-refractivity contribution in [1.82, 2.24) is 19.8 Å². The van der Waals surface area contributed by atoms with Gasteiger partial charge in [-0.05, 0) is 30.7 Å². The van der Waals surface area contributed by atoms with Crippen molar-refractivity contribution in [2.75, 3.05) is 20.7 Å². The summed E-state index contributed by atoms with van der Waals surface area (Å²) in [5, 5.41) is 0.595. The summed E-state index contributed by atoms with van der Waals surface area (Å²) < 4.78 is 18.6. The molecule has 0 saturated heterocycles. The molecule has 0 fully saturated rings. The number of hydrogen-bond acceptors (Lipinski definition) is 4. The largest absolute Gasteiger partial charge is 0.499 e. The molecule has 0 saturated carbocycles. The van der Waals surface area contributed by atoms with Crippen molar-refractivity contribution in [3.05, 3.63) is 52.4 Å². The molecule has 0 atom stereocenters. The van der Waals surface area contributed by atoms with E-state index in [0.717, 1.165) is 0 Å². The molecule has 1 N–H and O–H groups in total. The highest BCUT2D eigenvalue weighted by Crippen LogP contribution is 2.28. The molecule has 1 aromatic carbocycles. The fourth-order valence-corrected chi connectivity index (χ4v) is 3.18. The van der Waals surface area contributed by atoms with Crippen molar-refractivity contribution in [3.63, 3.8) is 0 Å². The zero-order valence-corrected chi connectivity index (χ0v) is 16.3. The monoisotopic (exact) mass is 406 g/mol. The minimum Gasteiger partial charge on any atom is -0.499 e. The number of nitrogens with zero attached hydrogens (tertiary/aromatic N) is 3. The lowest BCUT2D eigenvalue weighted by Crippen LogP contribution is -2.37. The Bertz CT molecular complexity index is 969. The highest BCUT2D eigenvalue weighted by molar-refractivity contribution is 6.29. The number of methoxy groups -OCH3 is 1. The molecule has 1 aliphatic rings. The Labute approximate surface area is 166 Å². The Balaban J connectivity index is 1.71. The minimum atomic E-state index is -0.366. The molecule has 2 amide bonds. The van der Waals surface area contributed by atoms with Crippen LogP contribution >= 0.6 is 11.6 Å². The van der Waals surface area contributed by atoms with Crippen molar-refractivity contribution in [2.45, 2.75) is 19.4 Å². The summed E-state index contributed by atoms with van der Waals surface area (Å²) in [7, 11) is 3.12. The van der Waals surface area contributed by atoms with Crippen LogP contribution in [-0.2, 0) is 20.9 Å². The first kappa shape index (κ1) is 19.9. The van der Waals surface area contributed by atoms with Crippen molar-refractivity contribution in [2.24, 2.45) is 0 Å². The van der Waals surface area contributed by atoms with Gasteiger partial charge in [0.2, 0.25) is 12.3 Å². The van der Waals surface area contributed by atoms with E-state index in [0.29, 0.717) is 52.6 Å². The fourth-order valence-electron chi connectivity index (χ4n) is 2.98. The van der Waals surface area contributed by atoms with Crippen LogP contribution < -0.4 is 0 Å². The molecule has 0 aliphatic heterocycles. The van der Waals surface area contributed by atoms with Crippen molar-refractivity contribution < 1.29 is 18.7 Å². The molecule has 0 bridgehead atoms. The number of benzene rings is 1. The topological polar surface area (TPSA) is 78.5 Å². The highest BCUT2D eigenvalue weighted by Gasteiger charge is 2.22. The number of aromatic amines is 1. The van der Waals surface area contributed by atoms with Crippen LogP contribution in [0.1, 0.15) is 18.7 Å². The Kier molecular flexibility index (Phi) is 5.99. The summed E-state index contributed by atoms with van der Waals surface area (Å²) in [6, 6.07) is 4.24. The molecule has 7 nitrogen and oxygen atoms in total. The first-order valence-corrected chi connectivity index (χ1v) is 9.02. The summed E-state index contributed by atoms with van der Waals surface area (Å²) in [4.78, 5) is 34.2. The normalized spacial score (nSPS) is 14.1. The number of fused-ring (bicyclic) bond motifs is 1. The lowest BCUT2D eigenvalue weighted by molar-refractivity contribution is -0.134. The van der Waals surface area contributed by atoms with E-state index in [1.165, 1.54) is 29.0 Å². The summed E-state index contributed by atoms with van der Waals surface area (Å²) in [6.45, 7) is 0.0202. The maximum Gasteiger partial charge on any atom is 0.242 e. The van der Waals surface area contributed by atoms with Crippen LogP contribution in [0.15, 0.2) is 40.8 Å². The number of allylic oxidation sites excluding steroid dienone is 3. The molecule has 0 unspecified atom stereocenters. The standard InChI is InChI=1S/C19H20ClFN4O3/c1-24(9-18-22-14-5-4-13(21)8-15(14)23-18)19(27)10-25(11-26)16-7-12(20)3-6-17(16)28-2/h4-5,7-8,11H,3,6,9-10H2,1-2H3,(H,22,23). The average molecular weight is 407 g/mol. The highest BCUT2D eigenvalue weighted by atomic mass is 35.5. The van der Waals surface area contributed by atoms with E-state index in [9.17, 15) is 14.0 Å². The van der Waals surface area contributed by atoms with E-state index in [1.807, 2.05) is 0 Å². The second-order valence-electron chi connectivity index (χ2n) is 6.43. The lowest BCUT2D eigenvalue weighted by Gasteiger charge is -2.26. The molecule has 9 heteroatoms. The number of H-pyrrole nitrogens is 1. The predicted octanol–water partition coefficient (Wildman–Crippen LogP) is 2.89. The molecular weight excluding hydrogens is 387 g/mol. The second-order valence-corrected chi connectivity index (χ2v) is 6.92. The second kappa shape index (κ2) is 8.43. The quantitative estimate of drug-likeness (QED) is 0.717. The van der Waals surface area contributed by atoms with Gasteiger partial charge in [0, 0.05) is 18.5 Å². The third-order valence-corrected chi connectivity index (χ3v) is 4.76. The Hall–Kier alpha value is -2.87. The van der Waals surface area contributed by atoms with E-state index in [2.05, 4.69) is 9.97 Å². The number of nitrogens with one attached hydrogen (secondary N) is 1. The van der Waals surface area contributed by atoms with Crippen LogP contribution in [0.25, 0.3) is 11.0 Å². The Morgan fingerprint density at radius 1 is 1.43 bits per heavy atom. The van der Waals surface area contributed by atoms with Crippen LogP contribution in [0, 0.1) is 5.82 Å². The van der Waals surface area contributed by atoms with Crippen LogP contribution in [0.5, 0.6) is 0 Å². The third-order valence-electron chi connectivity index (χ3n) is 4.46. The number of halogens is 2. The van der Waals surface area contributed by atoms with Crippen molar-refractivity contribution >= 4 is 35.0 Å². The number of carbonyl (C=O) groups is 2. The average Bonchev–Trinajstić information content (AvgIpc) is 3.07. The molecule has 0 spiro atoms. The number of ether oxygens (including phenoxy) is 1. The van der Waals surface area contributed by atoms with Gasteiger partial charge >= 0.3 is 0 Å². The fraction of sp³-hybridized carbons (Fsp3) is 0.316. The number of imidazole rings is 1. The van der Waals surface area contributed by atoms with E-state index in [1.54, 1.807) is 19.2 Å². The molecule has 3 rings (SSSR count). The minimum absolute atomic E-state index is 0.169. The zero-order chi connectivity index (χ0) is 20.3. The van der Waals surface area contributed by atoms with Crippen molar-refractivity contribution in [3.8, 4) is 0 Å². The number of aromatic nitrogens is 2. The first-order chi connectivity index (χ1) is 13.4. The number of likely N-dealkylation sites (N-methyl/N-ethyl adjacent to an activating group) is 1. The van der Waals surface area contributed by atoms with Crippen LogP contribution in [0.4, 0.5) is 4.39 Å². The molecule has 2 aromatic rings. The molecule has 148 valence electrons. The predicted molar refractivity (Wildman–Crippen MR) is 103 cm³/mol. The Morgan fingerprint density at radius 3 is 2.93 bits per heavy atom. The van der Waals surface area contributed by atoms with Gasteiger partial charge in [0.25, 0.3) is 0 Å². The van der Waals surface area contributed by atoms with Gasteiger partial charge < -0.3 is 19.5 Å². The zero-order valence-electron chi connectivity index (χ0n) is 15.5. The van der Waals surface area contributed by atoms with E-state index in [4.69, 9.17) is 16.3 Å². The number of rotatable bonds is 7. The van der Waals surface area contributed by atoms with Crippen LogP contribution in [0.3, 0.4) is 0 Å². The SMILES string of the molecule is COC1=C(N(C=O)CC(=O)N(C)Cc2nc3ccc(F)cc3[nH]2)C=C(Cl)CC1. The van der Waals surface area contributed by atoms with Gasteiger partial charge in [-0.2, -0.15) is 0 Å². The number of hydrogen-bond donors (Lipinski definition) is 1. The van der Waals surface area contributed by atoms with E-state index >= 15 is 0 Å². The van der Waals surface area contributed by atoms with Gasteiger partial charge in [0.1, 0.15) is 23.9 Å². The lowest BCUT2D eigenvalue weighted by atomic mass is 10.1. The first-order valence-electron chi connectivity index (χ1n) is 8.64. The summed E-state index contributed by atoms with van der Waals surface area (Å²) >= 11 is 6.09. The van der Waals surface area contributed by atoms with Gasteiger partial charge in [-0.15, -0.1) is 0 Å². The summed E-state index contributed by atoms with van der Waals surface area (Å²) in [5.41, 5.74) is 1.65. The van der Waals surface area contributed by atoms with E-state index in [-0.39, 0.29) is 24.8 Å². The maximum absolute atomic E-state index is 13.3. The van der Waals surface area contributed by atoms with Crippen LogP contribution in [-0.4, -0.2) is 52.8 Å². The molecule has 28 heavy (non-hydrogen) atoms. The maximum atomic E-state index is 13.3. The van der Waals surface area contributed by atoms with Gasteiger partial charge in [-0.25, -0.2) is 9.37 Å². The van der Waals surface area contributed by atoms with Gasteiger partial charge in [-0.3, -0.25) is 9.59 Å². The van der Waals surface area contributed by atoms with Gasteiger partial charge in [-0.1, -0.05) is 11.6 Å². The molecule has 0 radical (unpaired) electrons. The van der Waals surface area contributed by atoms with E-state index < -0.39 is 0 Å². The van der Waals surface area contributed by atoms with Crippen molar-refractivity contribution in [1.29, 1.82) is 0 Å². The summed E-state index contributed by atoms with van der Waals surface area (Å²) in [6.07, 6.45) is 3.40. The molecule has 1 heterocycles. The summed E-state index contributed by atoms with van der Waals surface area (Å²) in [5.74, 6) is 0.463. The molecule has 1 aromatic heterocycles. The molecule has 1 aliphatic carbocycles. The van der Waals surface area contributed by atoms with Gasteiger partial charge in [0.05, 0.1) is 30.4 Å².